The van der Waals surface area contributed by atoms with Gasteiger partial charge in [-0.3, -0.25) is 9.78 Å². The van der Waals surface area contributed by atoms with Crippen LogP contribution >= 0.6 is 0 Å². The second-order valence-corrected chi connectivity index (χ2v) is 2.67. The molecule has 0 aliphatic carbocycles. The predicted octanol–water partition coefficient (Wildman–Crippen LogP) is 2.72. The first kappa shape index (κ1) is 13.6. The zero-order valence-electron chi connectivity index (χ0n) is 10.2. The van der Waals surface area contributed by atoms with Crippen molar-refractivity contribution in [2.24, 2.45) is 0 Å². The van der Waals surface area contributed by atoms with E-state index in [2.05, 4.69) is 4.98 Å². The average Bonchev–Trinajstić information content (AvgIpc) is 2.61. The maximum Gasteiger partial charge on any atom is 0.272 e. The number of nitrogens with zero attached hydrogens (tertiary/aromatic N) is 2. The Bertz CT molecular complexity index is 310. The summed E-state index contributed by atoms with van der Waals surface area (Å²) in [5.74, 6) is 0.0283. The van der Waals surface area contributed by atoms with Gasteiger partial charge in [-0.25, -0.2) is 0 Å². The van der Waals surface area contributed by atoms with Gasteiger partial charge in [-0.15, -0.1) is 0 Å². The van der Waals surface area contributed by atoms with Crippen molar-refractivity contribution in [3.63, 3.8) is 0 Å². The molecule has 0 atom stereocenters. The fraction of sp³-hybridized carbons (Fsp3) is 0.500. The lowest BCUT2D eigenvalue weighted by molar-refractivity contribution is 0.0812. The maximum atomic E-state index is 11.3. The summed E-state index contributed by atoms with van der Waals surface area (Å²) < 4.78 is 0. The van der Waals surface area contributed by atoms with Crippen molar-refractivity contribution in [3.8, 4) is 0 Å². The van der Waals surface area contributed by atoms with E-state index in [0.717, 1.165) is 5.56 Å². The van der Waals surface area contributed by atoms with Gasteiger partial charge in [0.2, 0.25) is 0 Å². The van der Waals surface area contributed by atoms with Gasteiger partial charge in [-0.1, -0.05) is 33.8 Å². The number of pyridine rings is 1. The molecule has 84 valence electrons. The van der Waals surface area contributed by atoms with Crippen molar-refractivity contribution in [3.05, 3.63) is 29.6 Å². The summed E-state index contributed by atoms with van der Waals surface area (Å²) in [5, 5.41) is 0. The third-order valence-corrected chi connectivity index (χ3v) is 1.85. The predicted molar refractivity (Wildman–Crippen MR) is 62.7 cm³/mol. The monoisotopic (exact) mass is 208 g/mol. The van der Waals surface area contributed by atoms with Crippen LogP contribution in [0.1, 0.15) is 43.7 Å². The number of amides is 1. The van der Waals surface area contributed by atoms with Crippen molar-refractivity contribution in [2.75, 3.05) is 7.05 Å². The van der Waals surface area contributed by atoms with Crippen LogP contribution in [0.4, 0.5) is 0 Å². The van der Waals surface area contributed by atoms with E-state index in [1.54, 1.807) is 18.1 Å². The number of fused-ring (bicyclic) bond motifs is 1. The van der Waals surface area contributed by atoms with Crippen LogP contribution in [0.5, 0.6) is 0 Å². The van der Waals surface area contributed by atoms with Gasteiger partial charge in [0.25, 0.3) is 5.91 Å². The van der Waals surface area contributed by atoms with E-state index in [9.17, 15) is 4.79 Å². The standard InChI is InChI=1S/C8H8N2O.2C2H6/c1-10-5-6-3-2-4-9-7(6)8(10)11;2*1-2/h2-4H,5H2,1H3;2*1-2H3. The summed E-state index contributed by atoms with van der Waals surface area (Å²) in [6.07, 6.45) is 1.65. The van der Waals surface area contributed by atoms with E-state index in [4.69, 9.17) is 0 Å². The molecule has 2 heterocycles. The highest BCUT2D eigenvalue weighted by molar-refractivity contribution is 5.96. The first-order valence-corrected chi connectivity index (χ1v) is 5.48. The Balaban J connectivity index is 0.000000442. The van der Waals surface area contributed by atoms with E-state index in [-0.39, 0.29) is 5.91 Å². The minimum Gasteiger partial charge on any atom is -0.336 e. The third kappa shape index (κ3) is 3.05. The van der Waals surface area contributed by atoms with Gasteiger partial charge < -0.3 is 4.90 Å². The Morgan fingerprint density at radius 3 is 2.40 bits per heavy atom. The van der Waals surface area contributed by atoms with Gasteiger partial charge in [0, 0.05) is 25.4 Å². The van der Waals surface area contributed by atoms with Crippen LogP contribution in [0.2, 0.25) is 0 Å². The number of carbonyl (C=O) groups excluding carboxylic acids is 1. The fourth-order valence-electron chi connectivity index (χ4n) is 1.27. The lowest BCUT2D eigenvalue weighted by Crippen LogP contribution is -2.17. The molecule has 0 aromatic carbocycles. The van der Waals surface area contributed by atoms with E-state index in [0.29, 0.717) is 12.2 Å². The van der Waals surface area contributed by atoms with E-state index >= 15 is 0 Å². The Hall–Kier alpha value is -1.38. The highest BCUT2D eigenvalue weighted by atomic mass is 16.2. The highest BCUT2D eigenvalue weighted by Crippen LogP contribution is 2.17. The molecular weight excluding hydrogens is 188 g/mol. The summed E-state index contributed by atoms with van der Waals surface area (Å²) >= 11 is 0. The first-order valence-electron chi connectivity index (χ1n) is 5.48. The smallest absolute Gasteiger partial charge is 0.272 e. The molecule has 1 aliphatic rings. The first-order chi connectivity index (χ1) is 7.29. The molecule has 0 bridgehead atoms. The molecule has 1 amide bonds. The molecular formula is C12H20N2O. The summed E-state index contributed by atoms with van der Waals surface area (Å²) in [6, 6.07) is 3.79. The largest absolute Gasteiger partial charge is 0.336 e. The van der Waals surface area contributed by atoms with Crippen LogP contribution in [-0.2, 0) is 6.54 Å². The second kappa shape index (κ2) is 6.98. The quantitative estimate of drug-likeness (QED) is 0.656. The molecule has 1 aliphatic heterocycles. The van der Waals surface area contributed by atoms with Gasteiger partial charge in [0.05, 0.1) is 0 Å². The zero-order valence-corrected chi connectivity index (χ0v) is 10.2. The van der Waals surface area contributed by atoms with Gasteiger partial charge in [-0.05, 0) is 6.07 Å². The SMILES string of the molecule is CC.CC.CN1Cc2cccnc2C1=O. The van der Waals surface area contributed by atoms with Crippen LogP contribution in [0, 0.1) is 0 Å². The molecule has 1 aromatic rings. The van der Waals surface area contributed by atoms with Crippen LogP contribution in [-0.4, -0.2) is 22.8 Å². The van der Waals surface area contributed by atoms with Crippen molar-refractivity contribution < 1.29 is 4.79 Å². The minimum atomic E-state index is 0.0283. The molecule has 0 saturated heterocycles. The molecule has 3 heteroatoms. The van der Waals surface area contributed by atoms with E-state index in [1.807, 2.05) is 39.8 Å². The Morgan fingerprint density at radius 1 is 1.27 bits per heavy atom. The third-order valence-electron chi connectivity index (χ3n) is 1.85. The number of rotatable bonds is 0. The number of hydrogen-bond donors (Lipinski definition) is 0. The lowest BCUT2D eigenvalue weighted by Gasteiger charge is -2.03. The molecule has 2 rings (SSSR count). The van der Waals surface area contributed by atoms with Gasteiger partial charge in [0.15, 0.2) is 0 Å². The van der Waals surface area contributed by atoms with Gasteiger partial charge in [0.1, 0.15) is 5.69 Å². The molecule has 3 nitrogen and oxygen atoms in total. The topological polar surface area (TPSA) is 33.2 Å². The van der Waals surface area contributed by atoms with Crippen LogP contribution < -0.4 is 0 Å². The van der Waals surface area contributed by atoms with Gasteiger partial charge in [-0.2, -0.15) is 0 Å². The summed E-state index contributed by atoms with van der Waals surface area (Å²) in [7, 11) is 1.78. The van der Waals surface area contributed by atoms with Gasteiger partial charge >= 0.3 is 0 Å². The normalized spacial score (nSPS) is 12.1. The summed E-state index contributed by atoms with van der Waals surface area (Å²) in [5.41, 5.74) is 1.63. The fourth-order valence-corrected chi connectivity index (χ4v) is 1.27. The van der Waals surface area contributed by atoms with Crippen molar-refractivity contribution >= 4 is 5.91 Å². The molecule has 0 spiro atoms. The van der Waals surface area contributed by atoms with Crippen LogP contribution in [0.15, 0.2) is 18.3 Å². The van der Waals surface area contributed by atoms with E-state index < -0.39 is 0 Å². The Kier molecular flexibility index (Phi) is 6.34. The molecule has 0 saturated carbocycles. The molecule has 15 heavy (non-hydrogen) atoms. The zero-order chi connectivity index (χ0) is 11.8. The number of carbonyl (C=O) groups is 1. The van der Waals surface area contributed by atoms with Crippen molar-refractivity contribution in [1.82, 2.24) is 9.88 Å². The van der Waals surface area contributed by atoms with E-state index in [1.165, 1.54) is 0 Å². The minimum absolute atomic E-state index is 0.0283. The lowest BCUT2D eigenvalue weighted by atomic mass is 10.2. The van der Waals surface area contributed by atoms with Crippen LogP contribution in [0.25, 0.3) is 0 Å². The molecule has 1 aromatic heterocycles. The summed E-state index contributed by atoms with van der Waals surface area (Å²) in [6.45, 7) is 8.70. The molecule has 0 radical (unpaired) electrons. The molecule has 0 fully saturated rings. The maximum absolute atomic E-state index is 11.3. The molecule has 0 N–H and O–H groups in total. The average molecular weight is 208 g/mol. The number of hydrogen-bond acceptors (Lipinski definition) is 2. The number of aromatic nitrogens is 1. The van der Waals surface area contributed by atoms with Crippen molar-refractivity contribution in [1.29, 1.82) is 0 Å². The summed E-state index contributed by atoms with van der Waals surface area (Å²) in [4.78, 5) is 16.9. The van der Waals surface area contributed by atoms with Crippen LogP contribution in [0.3, 0.4) is 0 Å². The molecule has 0 unspecified atom stereocenters. The van der Waals surface area contributed by atoms with Crippen molar-refractivity contribution in [2.45, 2.75) is 34.2 Å². The highest BCUT2D eigenvalue weighted by Gasteiger charge is 2.24. The second-order valence-electron chi connectivity index (χ2n) is 2.67. The Morgan fingerprint density at radius 2 is 1.87 bits per heavy atom. The Labute approximate surface area is 92.1 Å².